The van der Waals surface area contributed by atoms with Gasteiger partial charge in [-0.15, -0.1) is 0 Å². The van der Waals surface area contributed by atoms with Crippen LogP contribution in [-0.4, -0.2) is 61.0 Å². The van der Waals surface area contributed by atoms with Gasteiger partial charge in [0, 0.05) is 32.2 Å². The van der Waals surface area contributed by atoms with Crippen LogP contribution >= 0.6 is 0 Å². The van der Waals surface area contributed by atoms with Crippen molar-refractivity contribution in [1.82, 2.24) is 15.0 Å². The molecule has 1 aliphatic heterocycles. The quantitative estimate of drug-likeness (QED) is 0.698. The molecule has 2 heterocycles. The Balaban J connectivity index is 1.44. The minimum atomic E-state index is 0.0204. The average molecular weight is 375 g/mol. The van der Waals surface area contributed by atoms with Gasteiger partial charge in [-0.3, -0.25) is 4.79 Å². The minimum Gasteiger partial charge on any atom is -0.497 e. The lowest BCUT2D eigenvalue weighted by atomic mass is 10.1. The maximum Gasteiger partial charge on any atom is 0.253 e. The first kappa shape index (κ1) is 19.3. The number of amides is 1. The molecule has 1 fully saturated rings. The number of rotatable bonds is 8. The highest BCUT2D eigenvalue weighted by atomic mass is 16.5. The summed E-state index contributed by atoms with van der Waals surface area (Å²) in [6.07, 6.45) is 2.25. The van der Waals surface area contributed by atoms with E-state index in [4.69, 9.17) is 18.7 Å². The van der Waals surface area contributed by atoms with Crippen LogP contribution in [-0.2, 0) is 22.5 Å². The van der Waals surface area contributed by atoms with Crippen LogP contribution in [0.1, 0.15) is 34.9 Å². The van der Waals surface area contributed by atoms with Crippen LogP contribution < -0.4 is 4.74 Å². The number of aromatic nitrogens is 2. The van der Waals surface area contributed by atoms with E-state index in [0.29, 0.717) is 49.1 Å². The Morgan fingerprint density at radius 3 is 2.85 bits per heavy atom. The number of benzene rings is 1. The monoisotopic (exact) mass is 375 g/mol. The summed E-state index contributed by atoms with van der Waals surface area (Å²) in [5.41, 5.74) is 0.642. The van der Waals surface area contributed by atoms with Crippen molar-refractivity contribution in [3.8, 4) is 5.75 Å². The van der Waals surface area contributed by atoms with Gasteiger partial charge in [-0.2, -0.15) is 4.98 Å². The van der Waals surface area contributed by atoms with Crippen molar-refractivity contribution in [1.29, 1.82) is 0 Å². The van der Waals surface area contributed by atoms with Crippen LogP contribution in [0.2, 0.25) is 0 Å². The smallest absolute Gasteiger partial charge is 0.253 e. The number of hydrogen-bond donors (Lipinski definition) is 0. The third kappa shape index (κ3) is 5.27. The zero-order valence-corrected chi connectivity index (χ0v) is 15.7. The molecule has 0 atom stereocenters. The summed E-state index contributed by atoms with van der Waals surface area (Å²) >= 11 is 0. The van der Waals surface area contributed by atoms with E-state index < -0.39 is 0 Å². The number of methoxy groups -OCH3 is 2. The topological polar surface area (TPSA) is 86.9 Å². The molecule has 1 aromatic heterocycles. The maximum atomic E-state index is 12.6. The van der Waals surface area contributed by atoms with Crippen LogP contribution in [0.3, 0.4) is 0 Å². The van der Waals surface area contributed by atoms with Crippen LogP contribution in [0.5, 0.6) is 5.75 Å². The number of carbonyl (C=O) groups is 1. The molecule has 1 aromatic carbocycles. The van der Waals surface area contributed by atoms with E-state index in [2.05, 4.69) is 10.1 Å². The predicted molar refractivity (Wildman–Crippen MR) is 96.6 cm³/mol. The fourth-order valence-electron chi connectivity index (χ4n) is 3.00. The molecular weight excluding hydrogens is 350 g/mol. The Hall–Kier alpha value is -2.45. The zero-order valence-electron chi connectivity index (χ0n) is 15.7. The van der Waals surface area contributed by atoms with Crippen LogP contribution in [0, 0.1) is 0 Å². The largest absolute Gasteiger partial charge is 0.497 e. The summed E-state index contributed by atoms with van der Waals surface area (Å²) in [6, 6.07) is 7.23. The van der Waals surface area contributed by atoms with Crippen molar-refractivity contribution >= 4 is 5.91 Å². The Bertz CT molecular complexity index is 740. The average Bonchev–Trinajstić information content (AvgIpc) is 3.18. The van der Waals surface area contributed by atoms with E-state index >= 15 is 0 Å². The van der Waals surface area contributed by atoms with Gasteiger partial charge in [0.05, 0.1) is 19.8 Å². The van der Waals surface area contributed by atoms with Crippen molar-refractivity contribution in [3.63, 3.8) is 0 Å². The second-order valence-corrected chi connectivity index (χ2v) is 6.38. The Labute approximate surface area is 158 Å². The van der Waals surface area contributed by atoms with E-state index in [-0.39, 0.29) is 18.6 Å². The molecule has 8 heteroatoms. The van der Waals surface area contributed by atoms with Crippen LogP contribution in [0.25, 0.3) is 0 Å². The van der Waals surface area contributed by atoms with Gasteiger partial charge >= 0.3 is 0 Å². The highest BCUT2D eigenvalue weighted by molar-refractivity contribution is 5.94. The number of likely N-dealkylation sites (tertiary alicyclic amines) is 1. The van der Waals surface area contributed by atoms with Crippen molar-refractivity contribution in [3.05, 3.63) is 41.5 Å². The van der Waals surface area contributed by atoms with Crippen LogP contribution in [0.4, 0.5) is 0 Å². The lowest BCUT2D eigenvalue weighted by Crippen LogP contribution is -2.40. The van der Waals surface area contributed by atoms with E-state index in [0.717, 1.165) is 12.8 Å². The van der Waals surface area contributed by atoms with Gasteiger partial charge in [-0.1, -0.05) is 11.2 Å². The minimum absolute atomic E-state index is 0.0204. The molecule has 0 radical (unpaired) electrons. The molecular formula is C19H25N3O5. The summed E-state index contributed by atoms with van der Waals surface area (Å²) in [5.74, 6) is 1.79. The van der Waals surface area contributed by atoms with Crippen molar-refractivity contribution < 1.29 is 23.5 Å². The van der Waals surface area contributed by atoms with Crippen LogP contribution in [0.15, 0.2) is 28.8 Å². The predicted octanol–water partition coefficient (Wildman–Crippen LogP) is 2.09. The molecule has 0 N–H and O–H groups in total. The van der Waals surface area contributed by atoms with E-state index in [1.54, 1.807) is 20.3 Å². The van der Waals surface area contributed by atoms with E-state index in [9.17, 15) is 4.79 Å². The lowest BCUT2D eigenvalue weighted by Gasteiger charge is -2.31. The lowest BCUT2D eigenvalue weighted by molar-refractivity contribution is -0.00978. The number of carbonyl (C=O) groups excluding carboxylic acids is 1. The molecule has 0 bridgehead atoms. The molecule has 2 aromatic rings. The normalized spacial score (nSPS) is 15.1. The molecule has 1 amide bonds. The molecule has 27 heavy (non-hydrogen) atoms. The second kappa shape index (κ2) is 9.48. The standard InChI is InChI=1S/C19H25N3O5/c1-24-11-8-17-20-18(27-21-17)13-26-15-6-9-22(10-7-15)19(23)14-4-3-5-16(12-14)25-2/h3-5,12,15H,6-11,13H2,1-2H3. The molecule has 1 aliphatic rings. The SMILES string of the molecule is COCCc1noc(COC2CCN(C(=O)c3cccc(OC)c3)CC2)n1. The summed E-state index contributed by atoms with van der Waals surface area (Å²) < 4.78 is 21.2. The molecule has 0 aliphatic carbocycles. The third-order valence-corrected chi connectivity index (χ3v) is 4.53. The second-order valence-electron chi connectivity index (χ2n) is 6.38. The summed E-state index contributed by atoms with van der Waals surface area (Å²) in [5, 5.41) is 3.89. The highest BCUT2D eigenvalue weighted by Crippen LogP contribution is 2.19. The fraction of sp³-hybridized carbons (Fsp3) is 0.526. The molecule has 1 saturated heterocycles. The Morgan fingerprint density at radius 2 is 2.11 bits per heavy atom. The molecule has 3 rings (SSSR count). The van der Waals surface area contributed by atoms with Gasteiger partial charge in [0.1, 0.15) is 12.4 Å². The number of hydrogen-bond acceptors (Lipinski definition) is 7. The van der Waals surface area contributed by atoms with Gasteiger partial charge in [-0.05, 0) is 31.0 Å². The first-order chi connectivity index (χ1) is 13.2. The maximum absolute atomic E-state index is 12.6. The van der Waals surface area contributed by atoms with Crippen molar-refractivity contribution in [2.24, 2.45) is 0 Å². The number of piperidine rings is 1. The summed E-state index contributed by atoms with van der Waals surface area (Å²) in [7, 11) is 3.23. The molecule has 0 unspecified atom stereocenters. The van der Waals surface area contributed by atoms with Gasteiger partial charge in [0.15, 0.2) is 5.82 Å². The van der Waals surface area contributed by atoms with Gasteiger partial charge in [-0.25, -0.2) is 0 Å². The highest BCUT2D eigenvalue weighted by Gasteiger charge is 2.24. The molecule has 8 nitrogen and oxygen atoms in total. The van der Waals surface area contributed by atoms with E-state index in [1.807, 2.05) is 23.1 Å². The number of nitrogens with zero attached hydrogens (tertiary/aromatic N) is 3. The van der Waals surface area contributed by atoms with Gasteiger partial charge in [0.25, 0.3) is 11.8 Å². The third-order valence-electron chi connectivity index (χ3n) is 4.53. The van der Waals surface area contributed by atoms with Crippen molar-refractivity contribution in [2.75, 3.05) is 33.9 Å². The number of ether oxygens (including phenoxy) is 3. The Kier molecular flexibility index (Phi) is 6.78. The summed E-state index contributed by atoms with van der Waals surface area (Å²) in [6.45, 7) is 2.15. The first-order valence-electron chi connectivity index (χ1n) is 9.05. The van der Waals surface area contributed by atoms with Gasteiger partial charge < -0.3 is 23.6 Å². The molecule has 0 spiro atoms. The fourth-order valence-corrected chi connectivity index (χ4v) is 3.00. The molecule has 146 valence electrons. The zero-order chi connectivity index (χ0) is 19.1. The van der Waals surface area contributed by atoms with Crippen molar-refractivity contribution in [2.45, 2.75) is 32.0 Å². The first-order valence-corrected chi connectivity index (χ1v) is 9.05. The van der Waals surface area contributed by atoms with Gasteiger partial charge in [0.2, 0.25) is 0 Å². The van der Waals surface area contributed by atoms with E-state index in [1.165, 1.54) is 0 Å². The Morgan fingerprint density at radius 1 is 1.30 bits per heavy atom. The summed E-state index contributed by atoms with van der Waals surface area (Å²) in [4.78, 5) is 18.8. The molecule has 0 saturated carbocycles.